The normalized spacial score (nSPS) is 26.5. The van der Waals surface area contributed by atoms with Crippen LogP contribution < -0.4 is 0 Å². The van der Waals surface area contributed by atoms with Crippen molar-refractivity contribution in [2.45, 2.75) is 83.2 Å². The molecular formula is C33H40ClNO6. The van der Waals surface area contributed by atoms with Gasteiger partial charge in [-0.2, -0.15) is 0 Å². The van der Waals surface area contributed by atoms with Crippen LogP contribution in [0.3, 0.4) is 0 Å². The van der Waals surface area contributed by atoms with Crippen LogP contribution in [0.1, 0.15) is 71.6 Å². The summed E-state index contributed by atoms with van der Waals surface area (Å²) in [5.41, 5.74) is -1.13. The first-order valence-corrected chi connectivity index (χ1v) is 14.3. The largest absolute Gasteiger partial charge is 0.468 e. The van der Waals surface area contributed by atoms with Crippen LogP contribution in [-0.4, -0.2) is 52.7 Å². The zero-order valence-corrected chi connectivity index (χ0v) is 25.6. The Morgan fingerprint density at radius 1 is 0.854 bits per heavy atom. The smallest absolute Gasteiger partial charge is 0.326 e. The van der Waals surface area contributed by atoms with Gasteiger partial charge in [0.05, 0.1) is 25.0 Å². The average molecular weight is 582 g/mol. The Bertz CT molecular complexity index is 1310. The van der Waals surface area contributed by atoms with E-state index in [1.54, 1.807) is 6.07 Å². The maximum atomic E-state index is 13.8. The van der Waals surface area contributed by atoms with Crippen molar-refractivity contribution in [3.05, 3.63) is 76.8 Å². The van der Waals surface area contributed by atoms with Gasteiger partial charge in [-0.05, 0) is 71.6 Å². The van der Waals surface area contributed by atoms with Crippen molar-refractivity contribution < 1.29 is 28.6 Å². The van der Waals surface area contributed by atoms with Crippen molar-refractivity contribution >= 4 is 35.6 Å². The number of benzene rings is 2. The van der Waals surface area contributed by atoms with Gasteiger partial charge in [-0.1, -0.05) is 72.3 Å². The lowest BCUT2D eigenvalue weighted by atomic mass is 9.83. The number of esters is 3. The molecule has 0 spiro atoms. The fourth-order valence-corrected chi connectivity index (χ4v) is 6.36. The van der Waals surface area contributed by atoms with Crippen LogP contribution in [0, 0.1) is 11.8 Å². The van der Waals surface area contributed by atoms with Crippen LogP contribution in [0.25, 0.3) is 6.08 Å². The lowest BCUT2D eigenvalue weighted by Crippen LogP contribution is -2.49. The molecule has 4 rings (SSSR count). The Kier molecular flexibility index (Phi) is 8.72. The number of methoxy groups -OCH3 is 1. The summed E-state index contributed by atoms with van der Waals surface area (Å²) in [6, 6.07) is 15.7. The standard InChI is InChI=1S/C33H40ClNO6/c1-31(2,3)40-28(36)23-19-33(30(38)39-7)20-24(29(37)41-32(4,5)6)27(22-15-11-12-16-25(22)34)35(33)26(23)18-17-21-13-9-8-10-14-21/h8-18,23-24,26-27H,19-20H2,1-7H3/b18-17+/t23-,24-,26-,27-,33-/m1/s1. The molecule has 0 amide bonds. The van der Waals surface area contributed by atoms with Gasteiger partial charge in [-0.3, -0.25) is 19.3 Å². The molecule has 2 aromatic carbocycles. The molecule has 0 bridgehead atoms. The molecule has 41 heavy (non-hydrogen) atoms. The predicted octanol–water partition coefficient (Wildman–Crippen LogP) is 6.40. The third-order valence-corrected chi connectivity index (χ3v) is 7.86. The lowest BCUT2D eigenvalue weighted by molar-refractivity contribution is -0.161. The summed E-state index contributed by atoms with van der Waals surface area (Å²) in [4.78, 5) is 43.2. The second kappa shape index (κ2) is 11.6. The minimum Gasteiger partial charge on any atom is -0.468 e. The highest BCUT2D eigenvalue weighted by Crippen LogP contribution is 2.58. The van der Waals surface area contributed by atoms with E-state index in [0.717, 1.165) is 5.56 Å². The average Bonchev–Trinajstić information content (AvgIpc) is 3.39. The summed E-state index contributed by atoms with van der Waals surface area (Å²) in [6.07, 6.45) is 4.09. The third-order valence-electron chi connectivity index (χ3n) is 7.52. The molecule has 5 atom stereocenters. The lowest BCUT2D eigenvalue weighted by Gasteiger charge is -2.37. The second-order valence-corrected chi connectivity index (χ2v) is 13.3. The monoisotopic (exact) mass is 581 g/mol. The second-order valence-electron chi connectivity index (χ2n) is 12.8. The molecule has 2 aliphatic rings. The Balaban J connectivity index is 1.92. The highest BCUT2D eigenvalue weighted by molar-refractivity contribution is 6.31. The number of nitrogens with zero attached hydrogens (tertiary/aromatic N) is 1. The Morgan fingerprint density at radius 2 is 1.39 bits per heavy atom. The van der Waals surface area contributed by atoms with Gasteiger partial charge in [0.2, 0.25) is 0 Å². The molecule has 2 aliphatic heterocycles. The van der Waals surface area contributed by atoms with E-state index in [4.69, 9.17) is 25.8 Å². The Labute approximate surface area is 247 Å². The van der Waals surface area contributed by atoms with E-state index in [1.807, 2.05) is 107 Å². The van der Waals surface area contributed by atoms with E-state index in [1.165, 1.54) is 7.11 Å². The van der Waals surface area contributed by atoms with E-state index in [9.17, 15) is 14.4 Å². The quantitative estimate of drug-likeness (QED) is 0.288. The zero-order chi connectivity index (χ0) is 30.2. The highest BCUT2D eigenvalue weighted by Gasteiger charge is 2.68. The first-order valence-electron chi connectivity index (χ1n) is 14.0. The van der Waals surface area contributed by atoms with Crippen LogP contribution in [0.15, 0.2) is 60.7 Å². The summed E-state index contributed by atoms with van der Waals surface area (Å²) < 4.78 is 17.1. The molecule has 0 aliphatic carbocycles. The fourth-order valence-electron chi connectivity index (χ4n) is 6.11. The van der Waals surface area contributed by atoms with Gasteiger partial charge in [0.1, 0.15) is 16.7 Å². The molecule has 0 unspecified atom stereocenters. The maximum absolute atomic E-state index is 13.8. The van der Waals surface area contributed by atoms with Crippen LogP contribution >= 0.6 is 11.6 Å². The molecule has 0 saturated carbocycles. The van der Waals surface area contributed by atoms with Crippen molar-refractivity contribution in [2.24, 2.45) is 11.8 Å². The Hall–Kier alpha value is -3.16. The van der Waals surface area contributed by atoms with E-state index in [-0.39, 0.29) is 12.8 Å². The summed E-state index contributed by atoms with van der Waals surface area (Å²) in [7, 11) is 1.33. The number of halogens is 1. The molecule has 2 saturated heterocycles. The molecule has 0 radical (unpaired) electrons. The number of fused-ring (bicyclic) bond motifs is 1. The molecule has 2 heterocycles. The molecule has 2 aromatic rings. The van der Waals surface area contributed by atoms with Gasteiger partial charge in [0.15, 0.2) is 0 Å². The fraction of sp³-hybridized carbons (Fsp3) is 0.485. The van der Waals surface area contributed by atoms with Gasteiger partial charge in [0.25, 0.3) is 0 Å². The first kappa shape index (κ1) is 30.8. The van der Waals surface area contributed by atoms with Crippen LogP contribution in [0.5, 0.6) is 0 Å². The number of carbonyl (C=O) groups is 3. The van der Waals surface area contributed by atoms with Gasteiger partial charge in [-0.15, -0.1) is 0 Å². The van der Waals surface area contributed by atoms with E-state index in [2.05, 4.69) is 0 Å². The highest BCUT2D eigenvalue weighted by atomic mass is 35.5. The first-order chi connectivity index (χ1) is 19.2. The minimum atomic E-state index is -1.28. The molecule has 220 valence electrons. The molecule has 7 nitrogen and oxygen atoms in total. The molecule has 2 fully saturated rings. The van der Waals surface area contributed by atoms with Crippen molar-refractivity contribution in [1.29, 1.82) is 0 Å². The van der Waals surface area contributed by atoms with Crippen molar-refractivity contribution in [2.75, 3.05) is 7.11 Å². The van der Waals surface area contributed by atoms with E-state index in [0.29, 0.717) is 10.6 Å². The van der Waals surface area contributed by atoms with Gasteiger partial charge in [-0.25, -0.2) is 0 Å². The topological polar surface area (TPSA) is 82.1 Å². The van der Waals surface area contributed by atoms with Crippen LogP contribution in [-0.2, 0) is 28.6 Å². The zero-order valence-electron chi connectivity index (χ0n) is 24.8. The van der Waals surface area contributed by atoms with E-state index >= 15 is 0 Å². The van der Waals surface area contributed by atoms with Crippen molar-refractivity contribution in [3.63, 3.8) is 0 Å². The summed E-state index contributed by atoms with van der Waals surface area (Å²) >= 11 is 6.76. The third kappa shape index (κ3) is 6.52. The molecule has 0 N–H and O–H groups in total. The SMILES string of the molecule is COC(=O)[C@]12C[C@@H](C(=O)OC(C)(C)C)[C@@H](/C=C/c3ccccc3)N1[C@H](c1ccccc1Cl)[C@H](C(=O)OC(C)(C)C)C2. The van der Waals surface area contributed by atoms with Gasteiger partial charge < -0.3 is 14.2 Å². The van der Waals surface area contributed by atoms with Gasteiger partial charge in [0, 0.05) is 11.1 Å². The van der Waals surface area contributed by atoms with E-state index < -0.39 is 58.6 Å². The maximum Gasteiger partial charge on any atom is 0.326 e. The van der Waals surface area contributed by atoms with Crippen LogP contribution in [0.4, 0.5) is 0 Å². The predicted molar refractivity (Wildman–Crippen MR) is 158 cm³/mol. The summed E-state index contributed by atoms with van der Waals surface area (Å²) in [6.45, 7) is 10.9. The number of hydrogen-bond donors (Lipinski definition) is 0. The Morgan fingerprint density at radius 3 is 1.95 bits per heavy atom. The number of hydrogen-bond acceptors (Lipinski definition) is 7. The molecule has 8 heteroatoms. The summed E-state index contributed by atoms with van der Waals surface area (Å²) in [5.74, 6) is -2.78. The minimum absolute atomic E-state index is 0.111. The number of ether oxygens (including phenoxy) is 3. The number of rotatable bonds is 6. The molecular weight excluding hydrogens is 542 g/mol. The summed E-state index contributed by atoms with van der Waals surface area (Å²) in [5, 5.41) is 0.457. The van der Waals surface area contributed by atoms with Crippen molar-refractivity contribution in [3.8, 4) is 0 Å². The molecule has 0 aromatic heterocycles. The van der Waals surface area contributed by atoms with Crippen LogP contribution in [0.2, 0.25) is 5.02 Å². The van der Waals surface area contributed by atoms with Gasteiger partial charge >= 0.3 is 17.9 Å². The number of carbonyl (C=O) groups excluding carboxylic acids is 3. The van der Waals surface area contributed by atoms with Crippen molar-refractivity contribution in [1.82, 2.24) is 4.90 Å².